The Bertz CT molecular complexity index is 1180. The minimum absolute atomic E-state index is 0.0876. The molecular weight excluding hydrogens is 468 g/mol. The molecule has 11 heteroatoms. The highest BCUT2D eigenvalue weighted by atomic mass is 32.2. The number of ether oxygens (including phenoxy) is 1. The number of anilines is 1. The van der Waals surface area contributed by atoms with Crippen LogP contribution in [0.5, 0.6) is 5.75 Å². The van der Waals surface area contributed by atoms with E-state index in [1.54, 1.807) is 6.92 Å². The quantitative estimate of drug-likeness (QED) is 0.236. The number of nitrogens with zero attached hydrogens (tertiary/aromatic N) is 5. The van der Waals surface area contributed by atoms with Gasteiger partial charge in [-0.2, -0.15) is 0 Å². The monoisotopic (exact) mass is 498 g/mol. The number of rotatable bonds is 11. The van der Waals surface area contributed by atoms with Crippen LogP contribution in [0, 0.1) is 17.0 Å². The van der Waals surface area contributed by atoms with Crippen LogP contribution in [0.15, 0.2) is 47.6 Å². The zero-order valence-electron chi connectivity index (χ0n) is 20.5. The second-order valence-electron chi connectivity index (χ2n) is 8.23. The number of nitrogens with one attached hydrogen (secondary N) is 1. The van der Waals surface area contributed by atoms with Crippen molar-refractivity contribution in [1.82, 2.24) is 19.7 Å². The first kappa shape index (κ1) is 26.2. The number of benzene rings is 2. The van der Waals surface area contributed by atoms with Gasteiger partial charge in [0, 0.05) is 17.8 Å². The van der Waals surface area contributed by atoms with Crippen molar-refractivity contribution in [2.75, 3.05) is 32.3 Å². The molecule has 3 rings (SSSR count). The van der Waals surface area contributed by atoms with Crippen molar-refractivity contribution in [3.05, 3.63) is 69.5 Å². The van der Waals surface area contributed by atoms with Gasteiger partial charge in [-0.3, -0.25) is 19.8 Å². The molecule has 0 unspecified atom stereocenters. The largest absolute Gasteiger partial charge is 0.490 e. The second kappa shape index (κ2) is 11.8. The molecule has 10 nitrogen and oxygen atoms in total. The van der Waals surface area contributed by atoms with E-state index in [0.717, 1.165) is 17.8 Å². The smallest absolute Gasteiger partial charge is 0.311 e. The normalized spacial score (nSPS) is 11.9. The van der Waals surface area contributed by atoms with Gasteiger partial charge in [0.2, 0.25) is 5.91 Å². The topological polar surface area (TPSA) is 115 Å². The van der Waals surface area contributed by atoms with E-state index >= 15 is 0 Å². The number of carbonyl (C=O) groups is 1. The molecule has 0 saturated heterocycles. The molecule has 0 fully saturated rings. The van der Waals surface area contributed by atoms with Crippen molar-refractivity contribution in [3.63, 3.8) is 0 Å². The summed E-state index contributed by atoms with van der Waals surface area (Å²) in [6.45, 7) is 4.40. The lowest BCUT2D eigenvalue weighted by Crippen LogP contribution is -2.23. The Morgan fingerprint density at radius 1 is 1.26 bits per heavy atom. The average Bonchev–Trinajstić information content (AvgIpc) is 3.21. The number of nitro groups is 1. The molecule has 0 aliphatic rings. The third-order valence-corrected chi connectivity index (χ3v) is 6.53. The van der Waals surface area contributed by atoms with E-state index in [2.05, 4.69) is 31.9 Å². The Morgan fingerprint density at radius 2 is 1.97 bits per heavy atom. The Morgan fingerprint density at radius 3 is 2.57 bits per heavy atom. The van der Waals surface area contributed by atoms with Crippen LogP contribution in [0.4, 0.5) is 11.4 Å². The molecule has 0 radical (unpaired) electrons. The van der Waals surface area contributed by atoms with E-state index in [1.807, 2.05) is 44.4 Å². The van der Waals surface area contributed by atoms with Crippen LogP contribution in [0.3, 0.4) is 0 Å². The van der Waals surface area contributed by atoms with Crippen molar-refractivity contribution in [1.29, 1.82) is 0 Å². The molecule has 2 aromatic carbocycles. The van der Waals surface area contributed by atoms with Crippen molar-refractivity contribution in [3.8, 4) is 5.75 Å². The van der Waals surface area contributed by atoms with Crippen molar-refractivity contribution >= 4 is 29.0 Å². The molecule has 1 heterocycles. The minimum atomic E-state index is -0.512. The fraction of sp³-hybridized carbons (Fsp3) is 0.375. The lowest BCUT2D eigenvalue weighted by Gasteiger charge is -2.23. The molecule has 1 amide bonds. The van der Waals surface area contributed by atoms with Gasteiger partial charge in [-0.05, 0) is 38.6 Å². The van der Waals surface area contributed by atoms with Crippen molar-refractivity contribution in [2.24, 2.45) is 0 Å². The summed E-state index contributed by atoms with van der Waals surface area (Å²) in [6, 6.07) is 13.0. The molecular formula is C24H30N6O4S. The minimum Gasteiger partial charge on any atom is -0.490 e. The Kier molecular flexibility index (Phi) is 8.83. The average molecular weight is 499 g/mol. The predicted molar refractivity (Wildman–Crippen MR) is 136 cm³/mol. The lowest BCUT2D eigenvalue weighted by atomic mass is 10.1. The second-order valence-corrected chi connectivity index (χ2v) is 9.18. The molecule has 35 heavy (non-hydrogen) atoms. The fourth-order valence-electron chi connectivity index (χ4n) is 3.78. The van der Waals surface area contributed by atoms with Gasteiger partial charge in [-0.15, -0.1) is 10.2 Å². The molecule has 0 bridgehead atoms. The van der Waals surface area contributed by atoms with Crippen LogP contribution >= 0.6 is 11.8 Å². The van der Waals surface area contributed by atoms with E-state index < -0.39 is 4.92 Å². The number of aromatic nitrogens is 3. The summed E-state index contributed by atoms with van der Waals surface area (Å²) in [7, 11) is 5.38. The Labute approximate surface area is 208 Å². The van der Waals surface area contributed by atoms with Crippen LogP contribution in [0.1, 0.15) is 36.3 Å². The van der Waals surface area contributed by atoms with Crippen LogP contribution in [0.25, 0.3) is 0 Å². The van der Waals surface area contributed by atoms with Gasteiger partial charge in [0.15, 0.2) is 16.7 Å². The molecule has 1 aromatic heterocycles. The van der Waals surface area contributed by atoms with Crippen LogP contribution < -0.4 is 10.1 Å². The molecule has 0 saturated carbocycles. The van der Waals surface area contributed by atoms with Gasteiger partial charge in [-0.1, -0.05) is 49.0 Å². The van der Waals surface area contributed by atoms with Gasteiger partial charge in [0.05, 0.1) is 30.4 Å². The number of thioether (sulfide) groups is 1. The van der Waals surface area contributed by atoms with E-state index in [1.165, 1.54) is 31.0 Å². The third-order valence-electron chi connectivity index (χ3n) is 5.57. The number of methoxy groups -OCH3 is 1. The molecule has 0 spiro atoms. The van der Waals surface area contributed by atoms with Crippen molar-refractivity contribution in [2.45, 2.75) is 38.0 Å². The first-order valence-electron chi connectivity index (χ1n) is 11.1. The summed E-state index contributed by atoms with van der Waals surface area (Å²) in [6.07, 6.45) is 0.867. The van der Waals surface area contributed by atoms with Gasteiger partial charge in [0.1, 0.15) is 0 Å². The molecule has 1 atom stereocenters. The summed E-state index contributed by atoms with van der Waals surface area (Å²) < 4.78 is 7.17. The third kappa shape index (κ3) is 6.37. The van der Waals surface area contributed by atoms with Crippen LogP contribution in [-0.2, 0) is 11.3 Å². The van der Waals surface area contributed by atoms with E-state index in [9.17, 15) is 14.9 Å². The number of hydrogen-bond donors (Lipinski definition) is 1. The van der Waals surface area contributed by atoms with Gasteiger partial charge in [-0.25, -0.2) is 0 Å². The summed E-state index contributed by atoms with van der Waals surface area (Å²) in [4.78, 5) is 25.6. The summed E-state index contributed by atoms with van der Waals surface area (Å²) >= 11 is 1.30. The predicted octanol–water partition coefficient (Wildman–Crippen LogP) is 4.30. The highest BCUT2D eigenvalue weighted by Gasteiger charge is 2.23. The number of nitro benzene ring substituents is 1. The zero-order chi connectivity index (χ0) is 25.5. The fourth-order valence-corrected chi connectivity index (χ4v) is 4.52. The highest BCUT2D eigenvalue weighted by molar-refractivity contribution is 7.99. The molecule has 0 aliphatic heterocycles. The zero-order valence-corrected chi connectivity index (χ0v) is 21.3. The van der Waals surface area contributed by atoms with Gasteiger partial charge < -0.3 is 14.6 Å². The summed E-state index contributed by atoms with van der Waals surface area (Å²) in [5.41, 5.74) is 2.00. The van der Waals surface area contributed by atoms with Crippen LogP contribution in [0.2, 0.25) is 0 Å². The van der Waals surface area contributed by atoms with Gasteiger partial charge >= 0.3 is 5.69 Å². The maximum absolute atomic E-state index is 12.8. The maximum Gasteiger partial charge on any atom is 0.311 e. The maximum atomic E-state index is 12.8. The van der Waals surface area contributed by atoms with E-state index in [-0.39, 0.29) is 29.1 Å². The lowest BCUT2D eigenvalue weighted by molar-refractivity contribution is -0.385. The van der Waals surface area contributed by atoms with E-state index in [4.69, 9.17) is 4.74 Å². The van der Waals surface area contributed by atoms with Crippen LogP contribution in [-0.4, -0.2) is 57.5 Å². The highest BCUT2D eigenvalue weighted by Crippen LogP contribution is 2.33. The number of carbonyl (C=O) groups excluding carboxylic acids is 1. The first-order valence-corrected chi connectivity index (χ1v) is 12.1. The number of amides is 1. The number of aryl methyl sites for hydroxylation is 1. The molecule has 1 N–H and O–H groups in total. The number of hydrogen-bond acceptors (Lipinski definition) is 8. The summed E-state index contributed by atoms with van der Waals surface area (Å²) in [5, 5.41) is 23.6. The first-order chi connectivity index (χ1) is 16.7. The Balaban J connectivity index is 1.79. The molecule has 0 aliphatic carbocycles. The SMILES string of the molecule is CC[C@H](c1nnc(SCC(=O)Nc2cc(OC)c([N+](=O)[O-])cc2C)n1Cc1ccccc1)N(C)C. The standard InChI is InChI=1S/C24H30N6O4S/c1-6-19(28(3)4)23-26-27-24(29(23)14-17-10-8-7-9-11-17)35-15-22(31)25-18-13-21(34-5)20(30(32)33)12-16(18)2/h7-13,19H,6,14-15H2,1-5H3,(H,25,31)/t19-/m1/s1. The molecule has 3 aromatic rings. The Hall–Kier alpha value is -3.44. The van der Waals surface area contributed by atoms with Crippen molar-refractivity contribution < 1.29 is 14.5 Å². The van der Waals surface area contributed by atoms with E-state index in [0.29, 0.717) is 23.0 Å². The van der Waals surface area contributed by atoms with Gasteiger partial charge in [0.25, 0.3) is 0 Å². The summed E-state index contributed by atoms with van der Waals surface area (Å²) in [5.74, 6) is 0.777. The molecule has 186 valence electrons.